The largest absolute Gasteiger partial charge is 0.282 e. The summed E-state index contributed by atoms with van der Waals surface area (Å²) in [4.78, 5) is 0. The number of aromatic amines is 1. The molecule has 13 heavy (non-hydrogen) atoms. The third-order valence-electron chi connectivity index (χ3n) is 1.83. The van der Waals surface area contributed by atoms with Gasteiger partial charge in [0.15, 0.2) is 0 Å². The van der Waals surface area contributed by atoms with Crippen LogP contribution in [-0.4, -0.2) is 10.2 Å². The predicted molar refractivity (Wildman–Crippen MR) is 56.4 cm³/mol. The van der Waals surface area contributed by atoms with Crippen molar-refractivity contribution in [2.45, 2.75) is 27.2 Å². The summed E-state index contributed by atoms with van der Waals surface area (Å²) >= 11 is 0. The number of rotatable bonds is 3. The molecule has 0 aliphatic carbocycles. The van der Waals surface area contributed by atoms with Gasteiger partial charge in [-0.3, -0.25) is 5.10 Å². The van der Waals surface area contributed by atoms with Crippen molar-refractivity contribution in [3.8, 4) is 0 Å². The highest BCUT2D eigenvalue weighted by atomic mass is 15.1. The van der Waals surface area contributed by atoms with Crippen LogP contribution in [0.2, 0.25) is 0 Å². The molecule has 0 unspecified atom stereocenters. The Morgan fingerprint density at radius 2 is 2.38 bits per heavy atom. The van der Waals surface area contributed by atoms with Crippen LogP contribution < -0.4 is 0 Å². The molecule has 0 atom stereocenters. The Kier molecular flexibility index (Phi) is 3.50. The zero-order valence-electron chi connectivity index (χ0n) is 8.46. The number of aromatic nitrogens is 2. The van der Waals surface area contributed by atoms with E-state index in [4.69, 9.17) is 0 Å². The number of H-pyrrole nitrogens is 1. The van der Waals surface area contributed by atoms with Gasteiger partial charge in [-0.25, -0.2) is 0 Å². The van der Waals surface area contributed by atoms with Gasteiger partial charge in [0.05, 0.1) is 5.69 Å². The molecule has 0 saturated heterocycles. The van der Waals surface area contributed by atoms with E-state index in [2.05, 4.69) is 42.3 Å². The molecule has 0 aliphatic rings. The molecule has 0 bridgehead atoms. The third kappa shape index (κ3) is 2.90. The maximum absolute atomic E-state index is 4.17. The van der Waals surface area contributed by atoms with Crippen molar-refractivity contribution in [3.05, 3.63) is 35.7 Å². The average molecular weight is 176 g/mol. The van der Waals surface area contributed by atoms with E-state index in [0.29, 0.717) is 0 Å². The standard InChI is InChI=1S/C11H16N2/c1-4-5-6-7-9(2)11-8-10(3)12-13-11/h5-8H,4H2,1-3H3,(H,12,13)/b6-5-,9-7+. The molecule has 1 aromatic rings. The maximum atomic E-state index is 4.17. The lowest BCUT2D eigenvalue weighted by Crippen LogP contribution is -1.77. The van der Waals surface area contributed by atoms with Crippen molar-refractivity contribution in [1.82, 2.24) is 10.2 Å². The van der Waals surface area contributed by atoms with Crippen LogP contribution in [0.5, 0.6) is 0 Å². The fourth-order valence-corrected chi connectivity index (χ4v) is 1.05. The van der Waals surface area contributed by atoms with E-state index in [1.165, 1.54) is 5.57 Å². The van der Waals surface area contributed by atoms with Gasteiger partial charge in [0.1, 0.15) is 0 Å². The van der Waals surface area contributed by atoms with Crippen molar-refractivity contribution in [1.29, 1.82) is 0 Å². The molecule has 1 rings (SSSR count). The first-order chi connectivity index (χ1) is 6.24. The van der Waals surface area contributed by atoms with E-state index < -0.39 is 0 Å². The minimum atomic E-state index is 1.03. The monoisotopic (exact) mass is 176 g/mol. The number of aryl methyl sites for hydroxylation is 1. The molecule has 2 heteroatoms. The van der Waals surface area contributed by atoms with Gasteiger partial charge in [-0.1, -0.05) is 25.2 Å². The minimum absolute atomic E-state index is 1.03. The Labute approximate surface area is 79.4 Å². The Morgan fingerprint density at radius 3 is 2.92 bits per heavy atom. The van der Waals surface area contributed by atoms with Gasteiger partial charge in [0.25, 0.3) is 0 Å². The quantitative estimate of drug-likeness (QED) is 0.704. The number of nitrogens with zero attached hydrogens (tertiary/aromatic N) is 1. The summed E-state index contributed by atoms with van der Waals surface area (Å²) in [6, 6.07) is 2.05. The van der Waals surface area contributed by atoms with Crippen molar-refractivity contribution < 1.29 is 0 Å². The second-order valence-corrected chi connectivity index (χ2v) is 3.12. The van der Waals surface area contributed by atoms with Gasteiger partial charge in [-0.15, -0.1) is 0 Å². The molecule has 0 radical (unpaired) electrons. The van der Waals surface area contributed by atoms with E-state index in [-0.39, 0.29) is 0 Å². The molecule has 1 N–H and O–H groups in total. The molecule has 0 aromatic carbocycles. The SMILES string of the molecule is CC/C=C\C=C(/C)c1cc(C)[nH]n1. The van der Waals surface area contributed by atoms with Crippen LogP contribution in [0.25, 0.3) is 5.57 Å². The highest BCUT2D eigenvalue weighted by Gasteiger charge is 1.97. The van der Waals surface area contributed by atoms with E-state index in [9.17, 15) is 0 Å². The lowest BCUT2D eigenvalue weighted by molar-refractivity contribution is 1.03. The van der Waals surface area contributed by atoms with Gasteiger partial charge in [0, 0.05) is 5.69 Å². The maximum Gasteiger partial charge on any atom is 0.0880 e. The first-order valence-electron chi connectivity index (χ1n) is 4.60. The van der Waals surface area contributed by atoms with Gasteiger partial charge in [-0.05, 0) is 31.9 Å². The van der Waals surface area contributed by atoms with Crippen molar-refractivity contribution >= 4 is 5.57 Å². The van der Waals surface area contributed by atoms with Crippen LogP contribution >= 0.6 is 0 Å². The highest BCUT2D eigenvalue weighted by Crippen LogP contribution is 2.11. The summed E-state index contributed by atoms with van der Waals surface area (Å²) in [7, 11) is 0. The van der Waals surface area contributed by atoms with E-state index in [1.807, 2.05) is 13.0 Å². The molecule has 1 heterocycles. The fourth-order valence-electron chi connectivity index (χ4n) is 1.05. The van der Waals surface area contributed by atoms with Crippen LogP contribution in [0.3, 0.4) is 0 Å². The molecule has 0 spiro atoms. The van der Waals surface area contributed by atoms with E-state index >= 15 is 0 Å². The number of hydrogen-bond donors (Lipinski definition) is 1. The molecule has 2 nitrogen and oxygen atoms in total. The van der Waals surface area contributed by atoms with E-state index in [0.717, 1.165) is 17.8 Å². The average Bonchev–Trinajstić information content (AvgIpc) is 2.52. The summed E-state index contributed by atoms with van der Waals surface area (Å²) in [6.45, 7) is 6.19. The van der Waals surface area contributed by atoms with Crippen LogP contribution in [0.4, 0.5) is 0 Å². The normalized spacial score (nSPS) is 12.7. The Morgan fingerprint density at radius 1 is 1.62 bits per heavy atom. The molecular formula is C11H16N2. The lowest BCUT2D eigenvalue weighted by atomic mass is 10.2. The zero-order valence-corrected chi connectivity index (χ0v) is 8.46. The third-order valence-corrected chi connectivity index (χ3v) is 1.83. The fraction of sp³-hybridized carbons (Fsp3) is 0.364. The molecule has 0 amide bonds. The van der Waals surface area contributed by atoms with Gasteiger partial charge < -0.3 is 0 Å². The van der Waals surface area contributed by atoms with E-state index in [1.54, 1.807) is 0 Å². The Bertz CT molecular complexity index is 319. The Hall–Kier alpha value is -1.31. The summed E-state index contributed by atoms with van der Waals surface area (Å²) in [6.07, 6.45) is 7.35. The molecule has 0 fully saturated rings. The first kappa shape index (κ1) is 9.78. The summed E-state index contributed by atoms with van der Waals surface area (Å²) in [5.41, 5.74) is 3.31. The Balaban J connectivity index is 2.72. The molecule has 70 valence electrons. The summed E-state index contributed by atoms with van der Waals surface area (Å²) in [5.74, 6) is 0. The number of nitrogens with one attached hydrogen (secondary N) is 1. The summed E-state index contributed by atoms with van der Waals surface area (Å²) in [5, 5.41) is 7.09. The minimum Gasteiger partial charge on any atom is -0.282 e. The van der Waals surface area contributed by atoms with Crippen molar-refractivity contribution in [2.75, 3.05) is 0 Å². The van der Waals surface area contributed by atoms with Gasteiger partial charge in [0.2, 0.25) is 0 Å². The van der Waals surface area contributed by atoms with Crippen LogP contribution in [0, 0.1) is 6.92 Å². The van der Waals surface area contributed by atoms with Crippen molar-refractivity contribution in [3.63, 3.8) is 0 Å². The molecule has 0 aliphatic heterocycles. The predicted octanol–water partition coefficient (Wildman–Crippen LogP) is 3.09. The molecular weight excluding hydrogens is 160 g/mol. The number of allylic oxidation sites excluding steroid dienone is 4. The van der Waals surface area contributed by atoms with Crippen molar-refractivity contribution in [2.24, 2.45) is 0 Å². The second-order valence-electron chi connectivity index (χ2n) is 3.12. The smallest absolute Gasteiger partial charge is 0.0880 e. The summed E-state index contributed by atoms with van der Waals surface area (Å²) < 4.78 is 0. The lowest BCUT2D eigenvalue weighted by Gasteiger charge is -1.90. The van der Waals surface area contributed by atoms with Crippen LogP contribution in [0.15, 0.2) is 24.3 Å². The molecule has 1 aromatic heterocycles. The van der Waals surface area contributed by atoms with Gasteiger partial charge >= 0.3 is 0 Å². The van der Waals surface area contributed by atoms with Crippen LogP contribution in [-0.2, 0) is 0 Å². The van der Waals surface area contributed by atoms with Gasteiger partial charge in [-0.2, -0.15) is 5.10 Å². The first-order valence-corrected chi connectivity index (χ1v) is 4.60. The number of hydrogen-bond acceptors (Lipinski definition) is 1. The highest BCUT2D eigenvalue weighted by molar-refractivity contribution is 5.62. The zero-order chi connectivity index (χ0) is 9.68. The second kappa shape index (κ2) is 4.65. The van der Waals surface area contributed by atoms with Crippen LogP contribution in [0.1, 0.15) is 31.7 Å². The topological polar surface area (TPSA) is 28.7 Å². The molecule has 0 saturated carbocycles.